The van der Waals surface area contributed by atoms with Gasteiger partial charge >= 0.3 is 0 Å². The quantitative estimate of drug-likeness (QED) is 0.846. The van der Waals surface area contributed by atoms with Gasteiger partial charge in [0.25, 0.3) is 0 Å². The Morgan fingerprint density at radius 2 is 2.25 bits per heavy atom. The summed E-state index contributed by atoms with van der Waals surface area (Å²) < 4.78 is 0. The minimum atomic E-state index is 0.136. The molecule has 2 rings (SSSR count). The first-order valence-corrected chi connectivity index (χ1v) is 6.79. The predicted molar refractivity (Wildman–Crippen MR) is 69.8 cm³/mol. The van der Waals surface area contributed by atoms with Crippen LogP contribution in [0.5, 0.6) is 0 Å². The van der Waals surface area contributed by atoms with Crippen LogP contribution in [0.1, 0.15) is 18.0 Å². The molecule has 0 bridgehead atoms. The summed E-state index contributed by atoms with van der Waals surface area (Å²) in [6.07, 6.45) is 1.24. The average molecular weight is 239 g/mol. The summed E-state index contributed by atoms with van der Waals surface area (Å²) in [6.45, 7) is 3.39. The van der Waals surface area contributed by atoms with Crippen molar-refractivity contribution in [3.05, 3.63) is 22.4 Å². The Morgan fingerprint density at radius 3 is 2.94 bits per heavy atom. The van der Waals surface area contributed by atoms with Crippen molar-refractivity contribution >= 4 is 11.3 Å². The van der Waals surface area contributed by atoms with Crippen molar-refractivity contribution in [3.8, 4) is 0 Å². The monoisotopic (exact) mass is 239 g/mol. The van der Waals surface area contributed by atoms with E-state index >= 15 is 0 Å². The van der Waals surface area contributed by atoms with Crippen LogP contribution in [-0.2, 0) is 0 Å². The molecule has 2 N–H and O–H groups in total. The van der Waals surface area contributed by atoms with E-state index in [9.17, 15) is 0 Å². The van der Waals surface area contributed by atoms with Crippen LogP contribution < -0.4 is 5.73 Å². The molecule has 1 aliphatic heterocycles. The van der Waals surface area contributed by atoms with Crippen LogP contribution in [0.2, 0.25) is 0 Å². The Kier molecular flexibility index (Phi) is 3.97. The summed E-state index contributed by atoms with van der Waals surface area (Å²) in [5, 5.41) is 4.28. The maximum Gasteiger partial charge on any atom is 0.0473 e. The minimum Gasteiger partial charge on any atom is -0.323 e. The molecule has 16 heavy (non-hydrogen) atoms. The lowest BCUT2D eigenvalue weighted by Gasteiger charge is -2.32. The van der Waals surface area contributed by atoms with Gasteiger partial charge in [0.2, 0.25) is 0 Å². The van der Waals surface area contributed by atoms with Gasteiger partial charge in [-0.3, -0.25) is 0 Å². The van der Waals surface area contributed by atoms with Gasteiger partial charge in [-0.15, -0.1) is 0 Å². The number of rotatable bonds is 2. The number of thiophene rings is 1. The molecule has 2 unspecified atom stereocenters. The Balaban J connectivity index is 2.10. The average Bonchev–Trinajstić information content (AvgIpc) is 2.72. The van der Waals surface area contributed by atoms with E-state index in [0.717, 1.165) is 13.1 Å². The molecule has 0 saturated carbocycles. The molecule has 0 amide bonds. The molecule has 90 valence electrons. The lowest BCUT2D eigenvalue weighted by atomic mass is 10.0. The number of hydrogen-bond acceptors (Lipinski definition) is 4. The molecule has 2 heterocycles. The topological polar surface area (TPSA) is 32.5 Å². The van der Waals surface area contributed by atoms with Crippen molar-refractivity contribution in [2.24, 2.45) is 5.73 Å². The van der Waals surface area contributed by atoms with Crippen LogP contribution in [-0.4, -0.2) is 49.6 Å². The van der Waals surface area contributed by atoms with Crippen LogP contribution in [0.4, 0.5) is 0 Å². The maximum absolute atomic E-state index is 6.37. The first kappa shape index (κ1) is 12.0. The Hall–Kier alpha value is -0.420. The lowest BCUT2D eigenvalue weighted by Crippen LogP contribution is -2.45. The van der Waals surface area contributed by atoms with E-state index in [1.54, 1.807) is 11.3 Å². The molecule has 0 aliphatic carbocycles. The molecule has 1 fully saturated rings. The molecule has 4 heteroatoms. The number of likely N-dealkylation sites (N-methyl/N-ethyl adjacent to an activating group) is 2. The third-order valence-corrected chi connectivity index (χ3v) is 4.16. The normalized spacial score (nSPS) is 26.6. The third-order valence-electron chi connectivity index (χ3n) is 3.46. The largest absolute Gasteiger partial charge is 0.323 e. The van der Waals surface area contributed by atoms with Gasteiger partial charge in [-0.2, -0.15) is 11.3 Å². The fourth-order valence-electron chi connectivity index (χ4n) is 2.38. The summed E-state index contributed by atoms with van der Waals surface area (Å²) in [5.74, 6) is 0. The number of hydrogen-bond donors (Lipinski definition) is 1. The van der Waals surface area contributed by atoms with Crippen molar-refractivity contribution in [2.45, 2.75) is 18.5 Å². The fraction of sp³-hybridized carbons (Fsp3) is 0.667. The van der Waals surface area contributed by atoms with Crippen LogP contribution in [0, 0.1) is 0 Å². The van der Waals surface area contributed by atoms with Gasteiger partial charge in [0, 0.05) is 18.6 Å². The molecule has 1 aliphatic rings. The van der Waals surface area contributed by atoms with Gasteiger partial charge in [-0.05, 0) is 56.0 Å². The third kappa shape index (κ3) is 2.63. The van der Waals surface area contributed by atoms with Crippen molar-refractivity contribution in [1.29, 1.82) is 0 Å². The van der Waals surface area contributed by atoms with E-state index in [1.165, 1.54) is 18.5 Å². The van der Waals surface area contributed by atoms with E-state index in [-0.39, 0.29) is 6.04 Å². The zero-order valence-electron chi connectivity index (χ0n) is 10.1. The van der Waals surface area contributed by atoms with Crippen molar-refractivity contribution in [3.63, 3.8) is 0 Å². The Bertz CT molecular complexity index is 312. The van der Waals surface area contributed by atoms with Crippen LogP contribution in [0.25, 0.3) is 0 Å². The van der Waals surface area contributed by atoms with Crippen LogP contribution in [0.3, 0.4) is 0 Å². The Morgan fingerprint density at radius 1 is 1.44 bits per heavy atom. The second-order valence-electron chi connectivity index (χ2n) is 4.75. The first-order chi connectivity index (χ1) is 7.68. The highest BCUT2D eigenvalue weighted by atomic mass is 32.1. The zero-order chi connectivity index (χ0) is 11.5. The molecule has 0 spiro atoms. The van der Waals surface area contributed by atoms with Gasteiger partial charge in [0.15, 0.2) is 0 Å². The first-order valence-electron chi connectivity index (χ1n) is 5.85. The number of nitrogens with zero attached hydrogens (tertiary/aromatic N) is 2. The molecule has 0 radical (unpaired) electrons. The van der Waals surface area contributed by atoms with Crippen molar-refractivity contribution < 1.29 is 0 Å². The van der Waals surface area contributed by atoms with Gasteiger partial charge in [-0.1, -0.05) is 0 Å². The van der Waals surface area contributed by atoms with Crippen LogP contribution >= 0.6 is 11.3 Å². The number of nitrogens with two attached hydrogens (primary N) is 1. The summed E-state index contributed by atoms with van der Waals surface area (Å²) >= 11 is 1.73. The molecular weight excluding hydrogens is 218 g/mol. The van der Waals surface area contributed by atoms with Gasteiger partial charge in [-0.25, -0.2) is 0 Å². The van der Waals surface area contributed by atoms with E-state index < -0.39 is 0 Å². The molecule has 0 aromatic carbocycles. The van der Waals surface area contributed by atoms with Crippen molar-refractivity contribution in [1.82, 2.24) is 9.80 Å². The minimum absolute atomic E-state index is 0.136. The highest BCUT2D eigenvalue weighted by Crippen LogP contribution is 2.22. The highest BCUT2D eigenvalue weighted by molar-refractivity contribution is 7.07. The van der Waals surface area contributed by atoms with Gasteiger partial charge in [0.1, 0.15) is 0 Å². The SMILES string of the molecule is CN1CCCN(C)C(C(N)c2ccsc2)C1. The standard InChI is InChI=1S/C12H21N3S/c1-14-5-3-6-15(2)11(8-14)12(13)10-4-7-16-9-10/h4,7,9,11-12H,3,5-6,8,13H2,1-2H3. The molecule has 1 aromatic rings. The molecule has 3 nitrogen and oxygen atoms in total. The van der Waals surface area contributed by atoms with Gasteiger partial charge in [0.05, 0.1) is 0 Å². The molecule has 1 aromatic heterocycles. The second-order valence-corrected chi connectivity index (χ2v) is 5.53. The van der Waals surface area contributed by atoms with E-state index in [0.29, 0.717) is 6.04 Å². The smallest absolute Gasteiger partial charge is 0.0473 e. The summed E-state index contributed by atoms with van der Waals surface area (Å²) in [4.78, 5) is 4.80. The lowest BCUT2D eigenvalue weighted by molar-refractivity contribution is 0.196. The van der Waals surface area contributed by atoms with Crippen LogP contribution in [0.15, 0.2) is 16.8 Å². The zero-order valence-corrected chi connectivity index (χ0v) is 10.9. The second kappa shape index (κ2) is 5.27. The van der Waals surface area contributed by atoms with E-state index in [1.807, 2.05) is 0 Å². The summed E-state index contributed by atoms with van der Waals surface area (Å²) in [7, 11) is 4.38. The summed E-state index contributed by atoms with van der Waals surface area (Å²) in [6, 6.07) is 2.72. The summed E-state index contributed by atoms with van der Waals surface area (Å²) in [5.41, 5.74) is 7.65. The molecule has 2 atom stereocenters. The predicted octanol–water partition coefficient (Wildman–Crippen LogP) is 1.38. The molecule has 1 saturated heterocycles. The van der Waals surface area contributed by atoms with Gasteiger partial charge < -0.3 is 15.5 Å². The fourth-order valence-corrected chi connectivity index (χ4v) is 3.09. The maximum atomic E-state index is 6.37. The Labute approximate surface area is 102 Å². The van der Waals surface area contributed by atoms with E-state index in [4.69, 9.17) is 5.73 Å². The highest BCUT2D eigenvalue weighted by Gasteiger charge is 2.27. The molecular formula is C12H21N3S. The van der Waals surface area contributed by atoms with E-state index in [2.05, 4.69) is 40.7 Å². The van der Waals surface area contributed by atoms with Crippen molar-refractivity contribution in [2.75, 3.05) is 33.7 Å².